The number of carbonyl (C=O) groups excluding carboxylic acids is 2. The third-order valence-electron chi connectivity index (χ3n) is 3.91. The number of carbonyl (C=O) groups is 2. The summed E-state index contributed by atoms with van der Waals surface area (Å²) >= 11 is 0. The van der Waals surface area contributed by atoms with Crippen molar-refractivity contribution in [2.45, 2.75) is 51.6 Å². The standard InChI is InChI=1S/C18H29N3O2/c1-13(12-18(3,4)15-10-8-7-9-11-15)19-17(23)20-14(2)16(22)21(5)6/h7-11,13-14H,12H2,1-6H3,(H2,19,20,23). The predicted molar refractivity (Wildman–Crippen MR) is 93.4 cm³/mol. The zero-order chi connectivity index (χ0) is 17.6. The van der Waals surface area contributed by atoms with Gasteiger partial charge >= 0.3 is 6.03 Å². The number of urea groups is 1. The van der Waals surface area contributed by atoms with Crippen LogP contribution in [0, 0.1) is 0 Å². The van der Waals surface area contributed by atoms with E-state index in [0.29, 0.717) is 0 Å². The molecule has 1 aromatic carbocycles. The summed E-state index contributed by atoms with van der Waals surface area (Å²) in [4.78, 5) is 25.2. The normalized spacial score (nSPS) is 13.8. The highest BCUT2D eigenvalue weighted by Gasteiger charge is 2.24. The van der Waals surface area contributed by atoms with E-state index >= 15 is 0 Å². The summed E-state index contributed by atoms with van der Waals surface area (Å²) in [5.74, 6) is -0.127. The number of hydrogen-bond acceptors (Lipinski definition) is 2. The zero-order valence-corrected chi connectivity index (χ0v) is 15.0. The van der Waals surface area contributed by atoms with Gasteiger partial charge in [-0.05, 0) is 31.2 Å². The van der Waals surface area contributed by atoms with E-state index in [4.69, 9.17) is 0 Å². The van der Waals surface area contributed by atoms with Gasteiger partial charge in [-0.1, -0.05) is 44.2 Å². The average Bonchev–Trinajstić information content (AvgIpc) is 2.46. The maximum Gasteiger partial charge on any atom is 0.315 e. The molecule has 0 bridgehead atoms. The van der Waals surface area contributed by atoms with Gasteiger partial charge in [0.2, 0.25) is 5.91 Å². The number of hydrogen-bond donors (Lipinski definition) is 2. The van der Waals surface area contributed by atoms with Gasteiger partial charge in [0.25, 0.3) is 0 Å². The molecule has 0 spiro atoms. The lowest BCUT2D eigenvalue weighted by atomic mass is 9.79. The van der Waals surface area contributed by atoms with Gasteiger partial charge in [0.1, 0.15) is 6.04 Å². The average molecular weight is 319 g/mol. The fourth-order valence-electron chi connectivity index (χ4n) is 2.73. The van der Waals surface area contributed by atoms with Crippen molar-refractivity contribution in [1.82, 2.24) is 15.5 Å². The van der Waals surface area contributed by atoms with Crippen molar-refractivity contribution in [3.05, 3.63) is 35.9 Å². The van der Waals surface area contributed by atoms with E-state index in [1.54, 1.807) is 21.0 Å². The molecule has 23 heavy (non-hydrogen) atoms. The number of benzene rings is 1. The second kappa shape index (κ2) is 7.99. The Bertz CT molecular complexity index is 526. The zero-order valence-electron chi connectivity index (χ0n) is 15.0. The van der Waals surface area contributed by atoms with Crippen LogP contribution in [0.5, 0.6) is 0 Å². The Morgan fingerprint density at radius 1 is 1.09 bits per heavy atom. The number of amides is 3. The minimum Gasteiger partial charge on any atom is -0.347 e. The number of nitrogens with one attached hydrogen (secondary N) is 2. The minimum absolute atomic E-state index is 0.00753. The Morgan fingerprint density at radius 2 is 1.65 bits per heavy atom. The minimum atomic E-state index is -0.542. The molecule has 128 valence electrons. The van der Waals surface area contributed by atoms with Crippen molar-refractivity contribution in [3.63, 3.8) is 0 Å². The third kappa shape index (κ3) is 5.93. The fraction of sp³-hybridized carbons (Fsp3) is 0.556. The van der Waals surface area contributed by atoms with Crippen LogP contribution >= 0.6 is 0 Å². The molecule has 0 radical (unpaired) electrons. The molecule has 0 fully saturated rings. The van der Waals surface area contributed by atoms with Crippen molar-refractivity contribution < 1.29 is 9.59 Å². The summed E-state index contributed by atoms with van der Waals surface area (Å²) in [5.41, 5.74) is 1.20. The van der Waals surface area contributed by atoms with E-state index in [1.807, 2.05) is 25.1 Å². The van der Waals surface area contributed by atoms with E-state index in [-0.39, 0.29) is 23.4 Å². The number of nitrogens with zero attached hydrogens (tertiary/aromatic N) is 1. The molecule has 0 aliphatic rings. The van der Waals surface area contributed by atoms with Gasteiger partial charge in [0, 0.05) is 20.1 Å². The maximum absolute atomic E-state index is 12.0. The maximum atomic E-state index is 12.0. The fourth-order valence-corrected chi connectivity index (χ4v) is 2.73. The van der Waals surface area contributed by atoms with Crippen LogP contribution in [-0.2, 0) is 10.2 Å². The molecule has 3 amide bonds. The molecule has 1 aromatic rings. The van der Waals surface area contributed by atoms with Gasteiger partial charge in [0.15, 0.2) is 0 Å². The van der Waals surface area contributed by atoms with Gasteiger partial charge in [-0.2, -0.15) is 0 Å². The first kappa shape index (κ1) is 19.0. The Balaban J connectivity index is 2.54. The molecule has 0 aliphatic heterocycles. The van der Waals surface area contributed by atoms with Crippen LogP contribution in [0.4, 0.5) is 4.79 Å². The summed E-state index contributed by atoms with van der Waals surface area (Å²) in [5, 5.41) is 5.59. The summed E-state index contributed by atoms with van der Waals surface area (Å²) < 4.78 is 0. The lowest BCUT2D eigenvalue weighted by Gasteiger charge is -2.29. The highest BCUT2D eigenvalue weighted by Crippen LogP contribution is 2.28. The number of rotatable bonds is 6. The van der Waals surface area contributed by atoms with E-state index in [0.717, 1.165) is 6.42 Å². The van der Waals surface area contributed by atoms with E-state index < -0.39 is 6.04 Å². The Kier molecular flexibility index (Phi) is 6.61. The Labute approximate surface area is 139 Å². The summed E-state index contributed by atoms with van der Waals surface area (Å²) in [6, 6.07) is 9.38. The van der Waals surface area contributed by atoms with Crippen LogP contribution < -0.4 is 10.6 Å². The van der Waals surface area contributed by atoms with Gasteiger partial charge in [-0.3, -0.25) is 4.79 Å². The monoisotopic (exact) mass is 319 g/mol. The molecule has 1 rings (SSSR count). The molecule has 0 saturated carbocycles. The highest BCUT2D eigenvalue weighted by molar-refractivity contribution is 5.86. The molecule has 5 nitrogen and oxygen atoms in total. The van der Waals surface area contributed by atoms with Crippen LogP contribution in [0.15, 0.2) is 30.3 Å². The van der Waals surface area contributed by atoms with E-state index in [2.05, 4.69) is 36.6 Å². The van der Waals surface area contributed by atoms with Crippen LogP contribution in [0.25, 0.3) is 0 Å². The molecule has 0 heterocycles. The van der Waals surface area contributed by atoms with Gasteiger partial charge < -0.3 is 15.5 Å². The van der Waals surface area contributed by atoms with Crippen molar-refractivity contribution in [3.8, 4) is 0 Å². The first-order valence-electron chi connectivity index (χ1n) is 7.97. The molecule has 5 heteroatoms. The molecule has 0 aliphatic carbocycles. The molecule has 2 N–H and O–H groups in total. The third-order valence-corrected chi connectivity index (χ3v) is 3.91. The highest BCUT2D eigenvalue weighted by atomic mass is 16.2. The first-order chi connectivity index (χ1) is 10.6. The lowest BCUT2D eigenvalue weighted by molar-refractivity contribution is -0.130. The smallest absolute Gasteiger partial charge is 0.315 e. The van der Waals surface area contributed by atoms with Crippen LogP contribution in [0.2, 0.25) is 0 Å². The molecule has 0 aromatic heterocycles. The topological polar surface area (TPSA) is 61.4 Å². The van der Waals surface area contributed by atoms with Gasteiger partial charge in [-0.15, -0.1) is 0 Å². The molecular weight excluding hydrogens is 290 g/mol. The SMILES string of the molecule is CC(CC(C)(C)c1ccccc1)NC(=O)NC(C)C(=O)N(C)C. The Morgan fingerprint density at radius 3 is 2.17 bits per heavy atom. The van der Waals surface area contributed by atoms with Crippen molar-refractivity contribution in [1.29, 1.82) is 0 Å². The summed E-state index contributed by atoms with van der Waals surface area (Å²) in [7, 11) is 3.34. The number of likely N-dealkylation sites (N-methyl/N-ethyl adjacent to an activating group) is 1. The Hall–Kier alpha value is -2.04. The second-order valence-corrected chi connectivity index (χ2v) is 6.93. The predicted octanol–water partition coefficient (Wildman–Crippen LogP) is 2.52. The molecule has 2 atom stereocenters. The second-order valence-electron chi connectivity index (χ2n) is 6.93. The molecule has 2 unspecified atom stereocenters. The van der Waals surface area contributed by atoms with Crippen molar-refractivity contribution in [2.75, 3.05) is 14.1 Å². The van der Waals surface area contributed by atoms with E-state index in [9.17, 15) is 9.59 Å². The van der Waals surface area contributed by atoms with Crippen LogP contribution in [-0.4, -0.2) is 43.0 Å². The van der Waals surface area contributed by atoms with Crippen LogP contribution in [0.3, 0.4) is 0 Å². The quantitative estimate of drug-likeness (QED) is 0.846. The van der Waals surface area contributed by atoms with Gasteiger partial charge in [-0.25, -0.2) is 4.79 Å². The summed E-state index contributed by atoms with van der Waals surface area (Å²) in [6.45, 7) is 7.98. The van der Waals surface area contributed by atoms with Crippen LogP contribution in [0.1, 0.15) is 39.7 Å². The molecule has 0 saturated heterocycles. The first-order valence-corrected chi connectivity index (χ1v) is 7.97. The van der Waals surface area contributed by atoms with Gasteiger partial charge in [0.05, 0.1) is 0 Å². The van der Waals surface area contributed by atoms with Crippen molar-refractivity contribution >= 4 is 11.9 Å². The van der Waals surface area contributed by atoms with Crippen molar-refractivity contribution in [2.24, 2.45) is 0 Å². The lowest BCUT2D eigenvalue weighted by Crippen LogP contribution is -2.50. The molecular formula is C18H29N3O2. The largest absolute Gasteiger partial charge is 0.347 e. The van der Waals surface area contributed by atoms with E-state index in [1.165, 1.54) is 10.5 Å². The summed E-state index contributed by atoms with van der Waals surface area (Å²) in [6.07, 6.45) is 0.806.